The van der Waals surface area contributed by atoms with Gasteiger partial charge in [-0.2, -0.15) is 4.98 Å². The number of methoxy groups -OCH3 is 1. The van der Waals surface area contributed by atoms with E-state index in [0.717, 1.165) is 22.8 Å². The van der Waals surface area contributed by atoms with Crippen molar-refractivity contribution < 1.29 is 13.2 Å². The Morgan fingerprint density at radius 3 is 2.62 bits per heavy atom. The maximum absolute atomic E-state index is 11.7. The summed E-state index contributed by atoms with van der Waals surface area (Å²) in [7, 11) is 0.554. The monoisotopic (exact) mass is 376 g/mol. The summed E-state index contributed by atoms with van der Waals surface area (Å²) < 4.78 is 28.6. The fourth-order valence-electron chi connectivity index (χ4n) is 2.98. The lowest BCUT2D eigenvalue weighted by atomic mass is 10.2. The highest BCUT2D eigenvalue weighted by atomic mass is 32.2. The summed E-state index contributed by atoms with van der Waals surface area (Å²) >= 11 is 0. The zero-order chi connectivity index (χ0) is 18.7. The van der Waals surface area contributed by atoms with Gasteiger partial charge in [0.2, 0.25) is 5.95 Å². The van der Waals surface area contributed by atoms with Gasteiger partial charge in [-0.25, -0.2) is 13.4 Å². The largest absolute Gasteiger partial charge is 0.497 e. The molecule has 1 atom stereocenters. The molecule has 0 bridgehead atoms. The molecule has 0 spiro atoms. The average molecular weight is 376 g/mol. The third-order valence-electron chi connectivity index (χ3n) is 4.55. The van der Waals surface area contributed by atoms with E-state index in [1.54, 1.807) is 7.11 Å². The van der Waals surface area contributed by atoms with E-state index in [-0.39, 0.29) is 17.5 Å². The van der Waals surface area contributed by atoms with Crippen molar-refractivity contribution in [3.05, 3.63) is 41.6 Å². The fourth-order valence-corrected chi connectivity index (χ4v) is 4.76. The van der Waals surface area contributed by atoms with Gasteiger partial charge < -0.3 is 15.0 Å². The first kappa shape index (κ1) is 18.4. The Kier molecular flexibility index (Phi) is 5.31. The van der Waals surface area contributed by atoms with Crippen LogP contribution in [0.3, 0.4) is 0 Å². The van der Waals surface area contributed by atoms with Crippen LogP contribution in [-0.4, -0.2) is 50.1 Å². The quantitative estimate of drug-likeness (QED) is 0.826. The minimum Gasteiger partial charge on any atom is -0.497 e. The lowest BCUT2D eigenvalue weighted by molar-refractivity contribution is 0.414. The van der Waals surface area contributed by atoms with E-state index in [9.17, 15) is 8.42 Å². The van der Waals surface area contributed by atoms with Crippen molar-refractivity contribution in [1.29, 1.82) is 0 Å². The van der Waals surface area contributed by atoms with Gasteiger partial charge >= 0.3 is 0 Å². The fraction of sp³-hybridized carbons (Fsp3) is 0.444. The molecule has 1 aromatic heterocycles. The van der Waals surface area contributed by atoms with Crippen molar-refractivity contribution in [2.75, 3.05) is 35.9 Å². The first-order valence-electron chi connectivity index (χ1n) is 8.52. The maximum Gasteiger partial charge on any atom is 0.227 e. The van der Waals surface area contributed by atoms with Gasteiger partial charge in [0.25, 0.3) is 0 Å². The predicted octanol–water partition coefficient (Wildman–Crippen LogP) is 2.03. The van der Waals surface area contributed by atoms with Crippen LogP contribution in [-0.2, 0) is 16.4 Å². The van der Waals surface area contributed by atoms with Crippen LogP contribution < -0.4 is 15.0 Å². The second kappa shape index (κ2) is 7.49. The molecule has 2 aromatic rings. The third-order valence-corrected chi connectivity index (χ3v) is 6.30. The topological polar surface area (TPSA) is 84.4 Å². The van der Waals surface area contributed by atoms with Gasteiger partial charge in [0.05, 0.1) is 18.6 Å². The van der Waals surface area contributed by atoms with Crippen molar-refractivity contribution in [2.24, 2.45) is 0 Å². The Hall–Kier alpha value is -2.35. The van der Waals surface area contributed by atoms with Gasteiger partial charge in [0, 0.05) is 31.4 Å². The lowest BCUT2D eigenvalue weighted by Gasteiger charge is -2.24. The highest BCUT2D eigenvalue weighted by Crippen LogP contribution is 2.22. The Bertz CT molecular complexity index is 869. The summed E-state index contributed by atoms with van der Waals surface area (Å²) in [6, 6.07) is 9.64. The molecule has 140 valence electrons. The molecule has 1 N–H and O–H groups in total. The van der Waals surface area contributed by atoms with E-state index < -0.39 is 9.84 Å². The molecule has 1 fully saturated rings. The van der Waals surface area contributed by atoms with Gasteiger partial charge in [-0.05, 0) is 31.0 Å². The number of nitrogens with one attached hydrogen (secondary N) is 1. The molecule has 0 amide bonds. The molecular weight excluding hydrogens is 352 g/mol. The maximum atomic E-state index is 11.7. The molecular formula is C18H24N4O3S. The second-order valence-electron chi connectivity index (χ2n) is 6.56. The van der Waals surface area contributed by atoms with Gasteiger partial charge in [-0.15, -0.1) is 0 Å². The van der Waals surface area contributed by atoms with Crippen LogP contribution in [0.5, 0.6) is 5.75 Å². The van der Waals surface area contributed by atoms with Crippen LogP contribution in [0, 0.1) is 6.92 Å². The molecule has 26 heavy (non-hydrogen) atoms. The first-order valence-corrected chi connectivity index (χ1v) is 10.3. The molecule has 0 saturated carbocycles. The van der Waals surface area contributed by atoms with E-state index in [1.165, 1.54) is 0 Å². The van der Waals surface area contributed by atoms with Gasteiger partial charge in [0.1, 0.15) is 11.6 Å². The number of aromatic nitrogens is 2. The van der Waals surface area contributed by atoms with Gasteiger partial charge in [0.15, 0.2) is 9.84 Å². The average Bonchev–Trinajstić information content (AvgIpc) is 2.99. The number of ether oxygens (including phenoxy) is 1. The van der Waals surface area contributed by atoms with Crippen LogP contribution in [0.25, 0.3) is 0 Å². The number of aryl methyl sites for hydroxylation is 1. The molecule has 3 rings (SSSR count). The van der Waals surface area contributed by atoms with Crippen molar-refractivity contribution in [3.8, 4) is 5.75 Å². The van der Waals surface area contributed by atoms with Crippen molar-refractivity contribution in [3.63, 3.8) is 0 Å². The Labute approximate surface area is 154 Å². The number of hydrogen-bond acceptors (Lipinski definition) is 7. The summed E-state index contributed by atoms with van der Waals surface area (Å²) in [5.74, 6) is 2.48. The first-order chi connectivity index (χ1) is 12.4. The minimum absolute atomic E-state index is 0.0729. The normalized spacial score (nSPS) is 18.5. The summed E-state index contributed by atoms with van der Waals surface area (Å²) in [6.45, 7) is 2.53. The van der Waals surface area contributed by atoms with E-state index in [0.29, 0.717) is 18.9 Å². The zero-order valence-electron chi connectivity index (χ0n) is 15.3. The molecule has 1 aliphatic rings. The summed E-state index contributed by atoms with van der Waals surface area (Å²) in [4.78, 5) is 10.9. The van der Waals surface area contributed by atoms with E-state index in [1.807, 2.05) is 49.2 Å². The number of rotatable bonds is 6. The lowest BCUT2D eigenvalue weighted by Crippen LogP contribution is -2.34. The van der Waals surface area contributed by atoms with E-state index in [4.69, 9.17) is 4.74 Å². The molecule has 2 heterocycles. The third kappa shape index (κ3) is 4.43. The number of benzene rings is 1. The molecule has 7 nitrogen and oxygen atoms in total. The van der Waals surface area contributed by atoms with Crippen LogP contribution >= 0.6 is 0 Å². The highest BCUT2D eigenvalue weighted by molar-refractivity contribution is 7.91. The molecule has 1 aliphatic heterocycles. The summed E-state index contributed by atoms with van der Waals surface area (Å²) in [5.41, 5.74) is 1.94. The summed E-state index contributed by atoms with van der Waals surface area (Å²) in [6.07, 6.45) is 0.616. The van der Waals surface area contributed by atoms with Crippen LogP contribution in [0.1, 0.15) is 17.7 Å². The molecule has 1 saturated heterocycles. The smallest absolute Gasteiger partial charge is 0.227 e. The zero-order valence-corrected chi connectivity index (χ0v) is 16.1. The molecule has 1 unspecified atom stereocenters. The predicted molar refractivity (Wildman–Crippen MR) is 103 cm³/mol. The van der Waals surface area contributed by atoms with E-state index >= 15 is 0 Å². The number of anilines is 2. The molecule has 0 radical (unpaired) electrons. The van der Waals surface area contributed by atoms with Crippen LogP contribution in [0.15, 0.2) is 30.3 Å². The number of sulfone groups is 1. The van der Waals surface area contributed by atoms with Gasteiger partial charge in [-0.1, -0.05) is 12.1 Å². The van der Waals surface area contributed by atoms with Crippen molar-refractivity contribution in [1.82, 2.24) is 9.97 Å². The Morgan fingerprint density at radius 1 is 1.27 bits per heavy atom. The van der Waals surface area contributed by atoms with Crippen LogP contribution in [0.2, 0.25) is 0 Å². The molecule has 8 heteroatoms. The van der Waals surface area contributed by atoms with Gasteiger partial charge in [-0.3, -0.25) is 0 Å². The number of nitrogens with zero attached hydrogens (tertiary/aromatic N) is 3. The Balaban J connectivity index is 1.70. The van der Waals surface area contributed by atoms with Crippen molar-refractivity contribution >= 4 is 21.6 Å². The van der Waals surface area contributed by atoms with Crippen molar-refractivity contribution in [2.45, 2.75) is 25.9 Å². The second-order valence-corrected chi connectivity index (χ2v) is 8.79. The SMILES string of the molecule is COc1ccc(CNc2cc(C)nc(N(C)C3CCS(=O)(=O)C3)n2)cc1. The molecule has 0 aliphatic carbocycles. The molecule has 1 aromatic carbocycles. The van der Waals surface area contributed by atoms with Crippen LogP contribution in [0.4, 0.5) is 11.8 Å². The minimum atomic E-state index is -2.94. The Morgan fingerprint density at radius 2 is 2.00 bits per heavy atom. The number of hydrogen-bond donors (Lipinski definition) is 1. The standard InChI is InChI=1S/C18H24N4O3S/c1-13-10-17(19-11-14-4-6-16(25-3)7-5-14)21-18(20-13)22(2)15-8-9-26(23,24)12-15/h4-7,10,15H,8-9,11-12H2,1-3H3,(H,19,20,21). The summed E-state index contributed by atoms with van der Waals surface area (Å²) in [5, 5.41) is 3.30. The van der Waals surface area contributed by atoms with E-state index in [2.05, 4.69) is 15.3 Å². The highest BCUT2D eigenvalue weighted by Gasteiger charge is 2.31.